The fourth-order valence-corrected chi connectivity index (χ4v) is 2.29. The van der Waals surface area contributed by atoms with E-state index >= 15 is 0 Å². The molecule has 0 aromatic heterocycles. The first-order chi connectivity index (χ1) is 10.8. The summed E-state index contributed by atoms with van der Waals surface area (Å²) >= 11 is 0. The van der Waals surface area contributed by atoms with Crippen molar-refractivity contribution in [2.75, 3.05) is 11.1 Å². The van der Waals surface area contributed by atoms with Gasteiger partial charge < -0.3 is 11.1 Å². The number of anilines is 3. The van der Waals surface area contributed by atoms with E-state index in [1.807, 2.05) is 78.9 Å². The zero-order valence-electron chi connectivity index (χ0n) is 12.0. The van der Waals surface area contributed by atoms with Crippen LogP contribution in [0, 0.1) is 0 Å². The molecule has 0 amide bonds. The molecule has 0 atom stereocenters. The fraction of sp³-hybridized carbons (Fsp3) is 0. The van der Waals surface area contributed by atoms with Crippen molar-refractivity contribution in [3.63, 3.8) is 0 Å². The van der Waals surface area contributed by atoms with Gasteiger partial charge in [0.25, 0.3) is 0 Å². The lowest BCUT2D eigenvalue weighted by Gasteiger charge is -2.13. The summed E-state index contributed by atoms with van der Waals surface area (Å²) in [5.74, 6) is -0.0156. The van der Waals surface area contributed by atoms with E-state index in [2.05, 4.69) is 5.32 Å². The Labute approximate surface area is 129 Å². The number of ketones is 1. The molecule has 0 fully saturated rings. The van der Waals surface area contributed by atoms with Crippen LogP contribution in [0.5, 0.6) is 0 Å². The second-order valence-electron chi connectivity index (χ2n) is 4.95. The van der Waals surface area contributed by atoms with Crippen molar-refractivity contribution in [3.8, 4) is 0 Å². The van der Waals surface area contributed by atoms with E-state index in [9.17, 15) is 4.79 Å². The van der Waals surface area contributed by atoms with Crippen LogP contribution < -0.4 is 11.1 Å². The maximum absolute atomic E-state index is 12.7. The lowest BCUT2D eigenvalue weighted by atomic mass is 10.0. The van der Waals surface area contributed by atoms with Gasteiger partial charge in [-0.15, -0.1) is 0 Å². The highest BCUT2D eigenvalue weighted by Crippen LogP contribution is 2.26. The number of nitrogens with one attached hydrogen (secondary N) is 1. The highest BCUT2D eigenvalue weighted by molar-refractivity contribution is 6.12. The molecule has 3 rings (SSSR count). The lowest BCUT2D eigenvalue weighted by Crippen LogP contribution is -2.06. The molecule has 0 unspecified atom stereocenters. The quantitative estimate of drug-likeness (QED) is 0.557. The number of hydrogen-bond acceptors (Lipinski definition) is 3. The predicted molar refractivity (Wildman–Crippen MR) is 90.5 cm³/mol. The van der Waals surface area contributed by atoms with Gasteiger partial charge in [0, 0.05) is 16.8 Å². The monoisotopic (exact) mass is 288 g/mol. The van der Waals surface area contributed by atoms with Gasteiger partial charge in [-0.2, -0.15) is 0 Å². The number of hydrogen-bond donors (Lipinski definition) is 2. The number of carbonyl (C=O) groups is 1. The fourth-order valence-electron chi connectivity index (χ4n) is 2.29. The van der Waals surface area contributed by atoms with E-state index in [-0.39, 0.29) is 5.78 Å². The smallest absolute Gasteiger partial charge is 0.195 e. The Balaban J connectivity index is 1.97. The number of nitrogens with two attached hydrogens (primary N) is 1. The summed E-state index contributed by atoms with van der Waals surface area (Å²) < 4.78 is 0. The molecular formula is C19H16N2O. The van der Waals surface area contributed by atoms with Crippen LogP contribution in [0.15, 0.2) is 78.9 Å². The van der Waals surface area contributed by atoms with Gasteiger partial charge in [-0.1, -0.05) is 54.6 Å². The standard InChI is InChI=1S/C19H16N2O/c20-16-11-5-7-13-18(16)21-17-12-6-4-10-15(17)19(22)14-8-2-1-3-9-14/h1-13,21H,20H2. The molecule has 0 aliphatic rings. The summed E-state index contributed by atoms with van der Waals surface area (Å²) in [5.41, 5.74) is 9.42. The zero-order valence-corrected chi connectivity index (χ0v) is 12.0. The van der Waals surface area contributed by atoms with Gasteiger partial charge in [-0.25, -0.2) is 0 Å². The second-order valence-corrected chi connectivity index (χ2v) is 4.95. The van der Waals surface area contributed by atoms with Crippen molar-refractivity contribution in [3.05, 3.63) is 90.0 Å². The summed E-state index contributed by atoms with van der Waals surface area (Å²) in [6.45, 7) is 0. The number of rotatable bonds is 4. The highest BCUT2D eigenvalue weighted by Gasteiger charge is 2.13. The Morgan fingerprint density at radius 1 is 0.727 bits per heavy atom. The third-order valence-corrected chi connectivity index (χ3v) is 3.44. The van der Waals surface area contributed by atoms with Gasteiger partial charge in [0.05, 0.1) is 11.4 Å². The minimum Gasteiger partial charge on any atom is -0.397 e. The van der Waals surface area contributed by atoms with Crippen LogP contribution in [0.25, 0.3) is 0 Å². The molecule has 0 saturated carbocycles. The average molecular weight is 288 g/mol. The summed E-state index contributed by atoms with van der Waals surface area (Å²) in [6.07, 6.45) is 0. The van der Waals surface area contributed by atoms with Crippen LogP contribution in [0.1, 0.15) is 15.9 Å². The lowest BCUT2D eigenvalue weighted by molar-refractivity contribution is 0.103. The molecule has 0 heterocycles. The van der Waals surface area contributed by atoms with Gasteiger partial charge in [0.2, 0.25) is 0 Å². The zero-order chi connectivity index (χ0) is 15.4. The molecule has 0 aliphatic carbocycles. The molecule has 0 saturated heterocycles. The molecule has 0 spiro atoms. The first-order valence-electron chi connectivity index (χ1n) is 7.06. The molecule has 0 aliphatic heterocycles. The van der Waals surface area contributed by atoms with Crippen molar-refractivity contribution in [2.24, 2.45) is 0 Å². The first kappa shape index (κ1) is 13.9. The maximum Gasteiger partial charge on any atom is 0.195 e. The van der Waals surface area contributed by atoms with Crippen LogP contribution in [-0.4, -0.2) is 5.78 Å². The van der Waals surface area contributed by atoms with Gasteiger partial charge in [0.15, 0.2) is 5.78 Å². The van der Waals surface area contributed by atoms with Crippen molar-refractivity contribution in [2.45, 2.75) is 0 Å². The van der Waals surface area contributed by atoms with E-state index in [1.54, 1.807) is 0 Å². The molecular weight excluding hydrogens is 272 g/mol. The number of para-hydroxylation sites is 3. The molecule has 3 nitrogen and oxygen atoms in total. The summed E-state index contributed by atoms with van der Waals surface area (Å²) in [4.78, 5) is 12.7. The van der Waals surface area contributed by atoms with E-state index in [4.69, 9.17) is 5.73 Å². The minimum absolute atomic E-state index is 0.0156. The Bertz CT molecular complexity index is 797. The van der Waals surface area contributed by atoms with E-state index in [0.717, 1.165) is 11.4 Å². The molecule has 3 N–H and O–H groups in total. The molecule has 22 heavy (non-hydrogen) atoms. The average Bonchev–Trinajstić information content (AvgIpc) is 2.58. The maximum atomic E-state index is 12.7. The normalized spacial score (nSPS) is 10.2. The molecule has 3 aromatic rings. The van der Waals surface area contributed by atoms with Gasteiger partial charge in [-0.3, -0.25) is 4.79 Å². The third-order valence-electron chi connectivity index (χ3n) is 3.44. The van der Waals surface area contributed by atoms with Gasteiger partial charge in [0.1, 0.15) is 0 Å². The largest absolute Gasteiger partial charge is 0.397 e. The van der Waals surface area contributed by atoms with Crippen molar-refractivity contribution < 1.29 is 4.79 Å². The Hall–Kier alpha value is -3.07. The molecule has 108 valence electrons. The van der Waals surface area contributed by atoms with E-state index in [0.29, 0.717) is 16.8 Å². The van der Waals surface area contributed by atoms with Crippen LogP contribution in [0.4, 0.5) is 17.1 Å². The van der Waals surface area contributed by atoms with Crippen molar-refractivity contribution in [1.29, 1.82) is 0 Å². The Morgan fingerprint density at radius 2 is 1.32 bits per heavy atom. The van der Waals surface area contributed by atoms with Crippen LogP contribution in [-0.2, 0) is 0 Å². The van der Waals surface area contributed by atoms with Gasteiger partial charge in [-0.05, 0) is 24.3 Å². The number of carbonyl (C=O) groups excluding carboxylic acids is 1. The third kappa shape index (κ3) is 2.83. The molecule has 3 heteroatoms. The second kappa shape index (κ2) is 6.14. The van der Waals surface area contributed by atoms with Gasteiger partial charge >= 0.3 is 0 Å². The predicted octanol–water partition coefficient (Wildman–Crippen LogP) is 4.24. The first-order valence-corrected chi connectivity index (χ1v) is 7.06. The molecule has 0 bridgehead atoms. The van der Waals surface area contributed by atoms with E-state index in [1.165, 1.54) is 0 Å². The number of benzene rings is 3. The Morgan fingerprint density at radius 3 is 2.05 bits per heavy atom. The van der Waals surface area contributed by atoms with Crippen molar-refractivity contribution >= 4 is 22.8 Å². The number of nitrogen functional groups attached to an aromatic ring is 1. The summed E-state index contributed by atoms with van der Waals surface area (Å²) in [7, 11) is 0. The van der Waals surface area contributed by atoms with Crippen LogP contribution in [0.2, 0.25) is 0 Å². The van der Waals surface area contributed by atoms with E-state index < -0.39 is 0 Å². The molecule has 3 aromatic carbocycles. The van der Waals surface area contributed by atoms with Crippen LogP contribution in [0.3, 0.4) is 0 Å². The Kier molecular flexibility index (Phi) is 3.88. The summed E-state index contributed by atoms with van der Waals surface area (Å²) in [5, 5.41) is 3.25. The van der Waals surface area contributed by atoms with Crippen LogP contribution >= 0.6 is 0 Å². The highest BCUT2D eigenvalue weighted by atomic mass is 16.1. The SMILES string of the molecule is Nc1ccccc1Nc1ccccc1C(=O)c1ccccc1. The van der Waals surface area contributed by atoms with Crippen molar-refractivity contribution in [1.82, 2.24) is 0 Å². The topological polar surface area (TPSA) is 55.1 Å². The molecule has 0 radical (unpaired) electrons. The minimum atomic E-state index is -0.0156. The summed E-state index contributed by atoms with van der Waals surface area (Å²) in [6, 6.07) is 24.2.